The third-order valence-corrected chi connectivity index (χ3v) is 27.6. The molecule has 1 aromatic rings. The first-order valence-corrected chi connectivity index (χ1v) is 47.4. The van der Waals surface area contributed by atoms with Gasteiger partial charge in [0.1, 0.15) is 0 Å². The fraction of sp³-hybridized carbons (Fsp3) is 0.938. The van der Waals surface area contributed by atoms with Crippen molar-refractivity contribution in [2.75, 3.05) is 39.6 Å². The topological polar surface area (TPSA) is 55.4 Å². The summed E-state index contributed by atoms with van der Waals surface area (Å²) in [5.74, 6) is 12.9. The largest absolute Gasteiger partial charge is 0.486 e. The molecule has 0 N–H and O–H groups in total. The minimum Gasteiger partial charge on any atom is -0.486 e. The molecule has 0 heterocycles. The summed E-state index contributed by atoms with van der Waals surface area (Å²) in [6, 6.07) is 0. The van der Waals surface area contributed by atoms with Crippen LogP contribution in [0.2, 0.25) is 0 Å². The quantitative estimate of drug-likeness (QED) is 0.0606. The molecule has 6 saturated carbocycles. The summed E-state index contributed by atoms with van der Waals surface area (Å²) < 4.78 is 46.4. The molecule has 6 fully saturated rings. The van der Waals surface area contributed by atoms with Crippen molar-refractivity contribution in [1.82, 2.24) is 0 Å². The van der Waals surface area contributed by atoms with Gasteiger partial charge in [-0.2, -0.15) is 0 Å². The van der Waals surface area contributed by atoms with E-state index in [1.807, 2.05) is 0 Å². The van der Waals surface area contributed by atoms with Crippen LogP contribution >= 0.6 is 0 Å². The Labute approximate surface area is 635 Å². The number of benzene rings is 1. The maximum atomic E-state index is 7.74. The zero-order chi connectivity index (χ0) is 71.5. The van der Waals surface area contributed by atoms with Gasteiger partial charge in [0.25, 0.3) is 0 Å². The van der Waals surface area contributed by atoms with Gasteiger partial charge in [0, 0.05) is 0 Å². The fourth-order valence-corrected chi connectivity index (χ4v) is 20.0. The molecule has 1 aromatic carbocycles. The molecule has 0 radical (unpaired) electrons. The average Bonchev–Trinajstić information content (AvgIpc) is 0.763. The monoisotopic (exact) mass is 1420 g/mol. The second-order valence-corrected chi connectivity index (χ2v) is 36.5. The lowest BCUT2D eigenvalue weighted by Gasteiger charge is -2.34. The third kappa shape index (κ3) is 36.0. The summed E-state index contributed by atoms with van der Waals surface area (Å²) >= 11 is 0. The van der Waals surface area contributed by atoms with Crippen LogP contribution < -0.4 is 28.4 Å². The van der Waals surface area contributed by atoms with E-state index < -0.39 is 0 Å². The van der Waals surface area contributed by atoms with Crippen LogP contribution in [0.5, 0.6) is 34.5 Å². The highest BCUT2D eigenvalue weighted by Gasteiger charge is 2.38. The van der Waals surface area contributed by atoms with E-state index in [1.54, 1.807) is 0 Å². The van der Waals surface area contributed by atoms with E-state index in [4.69, 9.17) is 28.4 Å². The van der Waals surface area contributed by atoms with Crippen molar-refractivity contribution >= 4 is 0 Å². The molecule has 0 unspecified atom stereocenters. The lowest BCUT2D eigenvalue weighted by atomic mass is 9.80. The molecular weight excluding hydrogens is 1250 g/mol. The Bertz CT molecular complexity index is 1690. The molecule has 0 atom stereocenters. The van der Waals surface area contributed by atoms with Gasteiger partial charge in [-0.25, -0.2) is 0 Å². The van der Waals surface area contributed by atoms with Crippen molar-refractivity contribution in [2.24, 2.45) is 71.0 Å². The Morgan fingerprint density at radius 1 is 0.147 bits per heavy atom. The maximum absolute atomic E-state index is 7.74. The van der Waals surface area contributed by atoms with Crippen molar-refractivity contribution in [3.8, 4) is 34.5 Å². The van der Waals surface area contributed by atoms with Gasteiger partial charge in [0.15, 0.2) is 0 Å². The van der Waals surface area contributed by atoms with E-state index >= 15 is 0 Å². The normalized spacial score (nSPS) is 25.7. The number of hydrogen-bond donors (Lipinski definition) is 0. The number of hydrogen-bond acceptors (Lipinski definition) is 6. The average molecular weight is 1420 g/mol. The zero-order valence-electron chi connectivity index (χ0n) is 69.3. The van der Waals surface area contributed by atoms with Crippen LogP contribution in [0.3, 0.4) is 0 Å². The van der Waals surface area contributed by atoms with Crippen LogP contribution in [0.4, 0.5) is 0 Å². The molecule has 0 saturated heterocycles. The first-order chi connectivity index (χ1) is 50.4. The number of rotatable bonds is 60. The van der Waals surface area contributed by atoms with Crippen LogP contribution in [0, 0.1) is 71.0 Å². The second-order valence-electron chi connectivity index (χ2n) is 36.5. The Kier molecular flexibility index (Phi) is 48.1. The summed E-state index contributed by atoms with van der Waals surface area (Å²) in [7, 11) is 0. The molecule has 6 aliphatic rings. The number of ether oxygens (including phenoxy) is 6. The lowest BCUT2D eigenvalue weighted by Crippen LogP contribution is -2.25. The molecule has 0 aliphatic heterocycles. The lowest BCUT2D eigenvalue weighted by molar-refractivity contribution is 0.117. The highest BCUT2D eigenvalue weighted by molar-refractivity contribution is 5.74. The Balaban J connectivity index is 1.22. The van der Waals surface area contributed by atoms with Crippen LogP contribution in [0.1, 0.15) is 465 Å². The minimum absolute atomic E-state index is 0.509. The van der Waals surface area contributed by atoms with Crippen LogP contribution in [-0.2, 0) is 0 Å². The van der Waals surface area contributed by atoms with Gasteiger partial charge >= 0.3 is 0 Å². The van der Waals surface area contributed by atoms with E-state index in [-0.39, 0.29) is 0 Å². The van der Waals surface area contributed by atoms with Gasteiger partial charge in [-0.05, 0) is 148 Å². The van der Waals surface area contributed by atoms with Crippen molar-refractivity contribution in [1.29, 1.82) is 0 Å². The summed E-state index contributed by atoms with van der Waals surface area (Å²) in [5.41, 5.74) is 0. The Hall–Kier alpha value is -1.98. The minimum atomic E-state index is 0.509. The summed E-state index contributed by atoms with van der Waals surface area (Å²) in [6.07, 6.45) is 89.5. The Morgan fingerprint density at radius 2 is 0.255 bits per heavy atom. The van der Waals surface area contributed by atoms with E-state index in [0.717, 1.165) is 70.0 Å². The predicted molar refractivity (Wildman–Crippen MR) is 440 cm³/mol. The second kappa shape index (κ2) is 56.3. The molecule has 7 rings (SSSR count). The summed E-state index contributed by atoms with van der Waals surface area (Å²) in [6.45, 7) is 18.2. The van der Waals surface area contributed by atoms with E-state index in [1.165, 1.54) is 424 Å². The molecular formula is C96H174O6. The third-order valence-electron chi connectivity index (χ3n) is 27.6. The maximum Gasteiger partial charge on any atom is 0.211 e. The SMILES string of the molecule is CCCCCCCC[C@H]1CC[C@H](COc2c(OC[C@H]3CC[C@H](CCCCCCCC)CC3)c(OC[C@H]3CC[C@H](CCCCCCCC)CC3)c(OC[C@H]3CC[C@H](CCCCCCCC)CC3)c(OC[C@H]3CC[C@H](CCCCCCCC)CC3)c2OC[C@H]2CC[C@H](CCCCCCCC)CC2)CC1. The van der Waals surface area contributed by atoms with Crippen LogP contribution in [-0.4, -0.2) is 39.6 Å². The van der Waals surface area contributed by atoms with Crippen molar-refractivity contribution < 1.29 is 28.4 Å². The highest BCUT2D eigenvalue weighted by Crippen LogP contribution is 2.60. The van der Waals surface area contributed by atoms with E-state index in [9.17, 15) is 0 Å². The van der Waals surface area contributed by atoms with Gasteiger partial charge in [-0.1, -0.05) is 388 Å². The first-order valence-electron chi connectivity index (χ1n) is 47.4. The van der Waals surface area contributed by atoms with Gasteiger partial charge < -0.3 is 28.4 Å². The molecule has 6 aliphatic carbocycles. The van der Waals surface area contributed by atoms with Crippen LogP contribution in [0.25, 0.3) is 0 Å². The van der Waals surface area contributed by atoms with Crippen LogP contribution in [0.15, 0.2) is 0 Å². The highest BCUT2D eigenvalue weighted by atomic mass is 16.6. The van der Waals surface area contributed by atoms with E-state index in [2.05, 4.69) is 41.5 Å². The van der Waals surface area contributed by atoms with Crippen molar-refractivity contribution in [2.45, 2.75) is 465 Å². The summed E-state index contributed by atoms with van der Waals surface area (Å²) in [4.78, 5) is 0. The van der Waals surface area contributed by atoms with Gasteiger partial charge in [-0.15, -0.1) is 0 Å². The number of unbranched alkanes of at least 4 members (excludes halogenated alkanes) is 30. The van der Waals surface area contributed by atoms with Gasteiger partial charge in [0.2, 0.25) is 34.5 Å². The fourth-order valence-electron chi connectivity index (χ4n) is 20.0. The zero-order valence-corrected chi connectivity index (χ0v) is 69.3. The molecule has 6 nitrogen and oxygen atoms in total. The van der Waals surface area contributed by atoms with E-state index in [0.29, 0.717) is 75.1 Å². The van der Waals surface area contributed by atoms with Gasteiger partial charge in [-0.3, -0.25) is 0 Å². The molecule has 0 aromatic heterocycles. The summed E-state index contributed by atoms with van der Waals surface area (Å²) in [5, 5.41) is 0. The molecule has 0 spiro atoms. The Morgan fingerprint density at radius 3 is 0.382 bits per heavy atom. The smallest absolute Gasteiger partial charge is 0.211 e. The first kappa shape index (κ1) is 87.2. The molecule has 6 heteroatoms. The van der Waals surface area contributed by atoms with Crippen molar-refractivity contribution in [3.63, 3.8) is 0 Å². The molecule has 102 heavy (non-hydrogen) atoms. The van der Waals surface area contributed by atoms with Gasteiger partial charge in [0.05, 0.1) is 39.6 Å². The predicted octanol–water partition coefficient (Wildman–Crippen LogP) is 31.3. The molecule has 0 amide bonds. The standard InChI is InChI=1S/C96H174O6/c1-7-13-19-25-31-37-43-79-49-61-85(62-50-79)73-97-91-92(98-74-86-63-51-80(52-64-86)44-38-32-26-20-14-8-2)94(100-76-88-67-55-82(56-68-88)46-40-34-28-22-16-10-4)96(102-78-90-71-59-84(60-72-90)48-42-36-30-24-18-12-6)95(101-77-89-69-57-83(58-70-89)47-41-35-29-23-17-11-5)93(91)99-75-87-65-53-81(54-66-87)45-39-33-27-21-15-9-3/h79-90H,7-78H2,1-6H3/t79-,80-,81-,82-,83-,84-,85-,86-,87-,88-,89-,90-. The van der Waals surface area contributed by atoms with Crippen molar-refractivity contribution in [3.05, 3.63) is 0 Å². The molecule has 594 valence electrons. The molecule has 0 bridgehead atoms.